The van der Waals surface area contributed by atoms with Crippen LogP contribution in [0.2, 0.25) is 0 Å². The third kappa shape index (κ3) is 3.30. The number of hydrogen-bond acceptors (Lipinski definition) is 6. The molecule has 2 aliphatic heterocycles. The van der Waals surface area contributed by atoms with Gasteiger partial charge in [-0.2, -0.15) is 0 Å². The van der Waals surface area contributed by atoms with E-state index in [-0.39, 0.29) is 12.0 Å². The zero-order valence-corrected chi connectivity index (χ0v) is 13.0. The van der Waals surface area contributed by atoms with Gasteiger partial charge in [-0.25, -0.2) is 0 Å². The average Bonchev–Trinajstić information content (AvgIpc) is 3.10. The van der Waals surface area contributed by atoms with Crippen molar-refractivity contribution in [3.8, 4) is 0 Å². The Morgan fingerprint density at radius 2 is 2.14 bits per heavy atom. The molecule has 0 aromatic carbocycles. The van der Waals surface area contributed by atoms with Crippen molar-refractivity contribution in [2.45, 2.75) is 25.9 Å². The maximum absolute atomic E-state index is 12.3. The third-order valence-corrected chi connectivity index (χ3v) is 4.13. The Labute approximate surface area is 130 Å². The number of rotatable bonds is 4. The van der Waals surface area contributed by atoms with Crippen LogP contribution in [0.15, 0.2) is 12.1 Å². The van der Waals surface area contributed by atoms with Gasteiger partial charge in [0.25, 0.3) is 5.91 Å². The minimum absolute atomic E-state index is 0.144. The fraction of sp³-hybridized carbons (Fsp3) is 0.667. The number of amides is 1. The molecule has 1 amide bonds. The van der Waals surface area contributed by atoms with Crippen molar-refractivity contribution in [1.29, 1.82) is 0 Å². The first kappa shape index (κ1) is 15.0. The molecule has 2 fully saturated rings. The van der Waals surface area contributed by atoms with E-state index < -0.39 is 0 Å². The van der Waals surface area contributed by atoms with Gasteiger partial charge in [0, 0.05) is 39.3 Å². The van der Waals surface area contributed by atoms with Crippen molar-refractivity contribution < 1.29 is 9.53 Å². The fourth-order valence-corrected chi connectivity index (χ4v) is 2.90. The highest BCUT2D eigenvalue weighted by Crippen LogP contribution is 2.18. The highest BCUT2D eigenvalue weighted by Gasteiger charge is 2.30. The van der Waals surface area contributed by atoms with Crippen molar-refractivity contribution in [1.82, 2.24) is 15.1 Å². The average molecular weight is 305 g/mol. The summed E-state index contributed by atoms with van der Waals surface area (Å²) in [6.07, 6.45) is 1.63. The minimum Gasteiger partial charge on any atom is -0.369 e. The highest BCUT2D eigenvalue weighted by molar-refractivity contribution is 5.81. The summed E-state index contributed by atoms with van der Waals surface area (Å²) in [5.41, 5.74) is 0. The van der Waals surface area contributed by atoms with Gasteiger partial charge >= 0.3 is 0 Å². The van der Waals surface area contributed by atoms with Gasteiger partial charge in [0.15, 0.2) is 5.82 Å². The van der Waals surface area contributed by atoms with Gasteiger partial charge in [-0.3, -0.25) is 4.79 Å². The summed E-state index contributed by atoms with van der Waals surface area (Å²) >= 11 is 0. The number of anilines is 2. The van der Waals surface area contributed by atoms with E-state index in [1.165, 1.54) is 0 Å². The first-order valence-electron chi connectivity index (χ1n) is 8.01. The lowest BCUT2D eigenvalue weighted by Crippen LogP contribution is -2.51. The molecule has 1 atom stereocenters. The monoisotopic (exact) mass is 305 g/mol. The molecule has 1 unspecified atom stereocenters. The summed E-state index contributed by atoms with van der Waals surface area (Å²) in [4.78, 5) is 16.4. The molecule has 7 heteroatoms. The minimum atomic E-state index is -0.217. The molecule has 120 valence electrons. The zero-order valence-electron chi connectivity index (χ0n) is 13.0. The summed E-state index contributed by atoms with van der Waals surface area (Å²) in [7, 11) is 0. The Hall–Kier alpha value is -1.89. The van der Waals surface area contributed by atoms with Crippen LogP contribution in [0.4, 0.5) is 11.6 Å². The molecule has 2 saturated heterocycles. The molecule has 3 heterocycles. The molecule has 2 aliphatic rings. The van der Waals surface area contributed by atoms with Gasteiger partial charge in [0.2, 0.25) is 0 Å². The van der Waals surface area contributed by atoms with E-state index in [9.17, 15) is 4.79 Å². The molecule has 0 saturated carbocycles. The van der Waals surface area contributed by atoms with Gasteiger partial charge in [0.1, 0.15) is 11.9 Å². The maximum Gasteiger partial charge on any atom is 0.251 e. The Kier molecular flexibility index (Phi) is 4.72. The molecule has 0 aliphatic carbocycles. The van der Waals surface area contributed by atoms with Gasteiger partial charge in [0.05, 0.1) is 0 Å². The van der Waals surface area contributed by atoms with E-state index >= 15 is 0 Å². The first-order chi connectivity index (χ1) is 10.8. The molecule has 1 aromatic rings. The Balaban J connectivity index is 1.53. The van der Waals surface area contributed by atoms with Gasteiger partial charge in [-0.1, -0.05) is 0 Å². The van der Waals surface area contributed by atoms with Crippen LogP contribution in [0, 0.1) is 0 Å². The van der Waals surface area contributed by atoms with Crippen LogP contribution in [-0.4, -0.2) is 66.4 Å². The lowest BCUT2D eigenvalue weighted by molar-refractivity contribution is -0.141. The molecule has 0 spiro atoms. The Morgan fingerprint density at radius 3 is 2.73 bits per heavy atom. The van der Waals surface area contributed by atoms with Crippen molar-refractivity contribution in [3.63, 3.8) is 0 Å². The highest BCUT2D eigenvalue weighted by atomic mass is 16.5. The molecule has 0 radical (unpaired) electrons. The number of nitrogens with one attached hydrogen (secondary N) is 1. The number of carbonyl (C=O) groups is 1. The normalized spacial score (nSPS) is 22.0. The van der Waals surface area contributed by atoms with Crippen LogP contribution in [-0.2, 0) is 9.53 Å². The number of piperazine rings is 1. The maximum atomic E-state index is 12.3. The van der Waals surface area contributed by atoms with E-state index in [0.717, 1.165) is 57.2 Å². The summed E-state index contributed by atoms with van der Waals surface area (Å²) in [6.45, 7) is 6.58. The number of carbonyl (C=O) groups excluding carboxylic acids is 1. The first-order valence-corrected chi connectivity index (χ1v) is 8.01. The zero-order chi connectivity index (χ0) is 15.4. The molecular formula is C15H23N5O2. The van der Waals surface area contributed by atoms with E-state index in [4.69, 9.17) is 4.74 Å². The summed E-state index contributed by atoms with van der Waals surface area (Å²) in [6, 6.07) is 3.91. The van der Waals surface area contributed by atoms with Crippen molar-refractivity contribution >= 4 is 17.5 Å². The van der Waals surface area contributed by atoms with Crippen LogP contribution < -0.4 is 10.2 Å². The standard InChI is InChI=1S/C15H23N5O2/c1-2-16-13-5-6-14(18-17-13)19-7-9-20(10-8-19)15(21)12-4-3-11-22-12/h5-6,12H,2-4,7-11H2,1H3,(H,16,17). The Bertz CT molecular complexity index is 493. The second-order valence-corrected chi connectivity index (χ2v) is 5.62. The van der Waals surface area contributed by atoms with E-state index in [2.05, 4.69) is 20.4 Å². The Morgan fingerprint density at radius 1 is 1.32 bits per heavy atom. The largest absolute Gasteiger partial charge is 0.369 e. The molecule has 7 nitrogen and oxygen atoms in total. The molecule has 0 bridgehead atoms. The number of hydrogen-bond donors (Lipinski definition) is 1. The van der Waals surface area contributed by atoms with Crippen LogP contribution in [0.25, 0.3) is 0 Å². The van der Waals surface area contributed by atoms with E-state index in [1.54, 1.807) is 0 Å². The van der Waals surface area contributed by atoms with Crippen molar-refractivity contribution in [3.05, 3.63) is 12.1 Å². The smallest absolute Gasteiger partial charge is 0.251 e. The van der Waals surface area contributed by atoms with Gasteiger partial charge in [-0.15, -0.1) is 10.2 Å². The second-order valence-electron chi connectivity index (χ2n) is 5.62. The molecule has 22 heavy (non-hydrogen) atoms. The van der Waals surface area contributed by atoms with Crippen LogP contribution >= 0.6 is 0 Å². The summed E-state index contributed by atoms with van der Waals surface area (Å²) in [5, 5.41) is 11.5. The predicted octanol–water partition coefficient (Wildman–Crippen LogP) is 0.736. The van der Waals surface area contributed by atoms with Gasteiger partial charge < -0.3 is 19.9 Å². The van der Waals surface area contributed by atoms with Gasteiger partial charge in [-0.05, 0) is 31.9 Å². The van der Waals surface area contributed by atoms with Crippen LogP contribution in [0.1, 0.15) is 19.8 Å². The lowest BCUT2D eigenvalue weighted by Gasteiger charge is -2.36. The second kappa shape index (κ2) is 6.91. The number of aromatic nitrogens is 2. The third-order valence-electron chi connectivity index (χ3n) is 4.13. The quantitative estimate of drug-likeness (QED) is 0.884. The number of nitrogens with zero attached hydrogens (tertiary/aromatic N) is 4. The lowest BCUT2D eigenvalue weighted by atomic mass is 10.2. The predicted molar refractivity (Wildman–Crippen MR) is 84.0 cm³/mol. The fourth-order valence-electron chi connectivity index (χ4n) is 2.90. The van der Waals surface area contributed by atoms with Crippen LogP contribution in [0.5, 0.6) is 0 Å². The van der Waals surface area contributed by atoms with Crippen LogP contribution in [0.3, 0.4) is 0 Å². The molecule has 1 N–H and O–H groups in total. The SMILES string of the molecule is CCNc1ccc(N2CCN(C(=O)C3CCCO3)CC2)nn1. The summed E-state index contributed by atoms with van der Waals surface area (Å²) in [5.74, 6) is 1.80. The molecular weight excluding hydrogens is 282 g/mol. The molecule has 1 aromatic heterocycles. The topological polar surface area (TPSA) is 70.6 Å². The summed E-state index contributed by atoms with van der Waals surface area (Å²) < 4.78 is 5.48. The van der Waals surface area contributed by atoms with E-state index in [0.29, 0.717) is 6.61 Å². The van der Waals surface area contributed by atoms with Crippen molar-refractivity contribution in [2.24, 2.45) is 0 Å². The molecule has 3 rings (SSSR count). The van der Waals surface area contributed by atoms with E-state index in [1.807, 2.05) is 24.0 Å². The van der Waals surface area contributed by atoms with Crippen molar-refractivity contribution in [2.75, 3.05) is 49.5 Å². The number of ether oxygens (including phenoxy) is 1.